The first-order valence-corrected chi connectivity index (χ1v) is 6.41. The Kier molecular flexibility index (Phi) is 3.62. The number of nitrogens with one attached hydrogen (secondary N) is 1. The summed E-state index contributed by atoms with van der Waals surface area (Å²) in [6.45, 7) is 4.94. The first-order chi connectivity index (χ1) is 8.13. The Balaban J connectivity index is 2.09. The molecule has 1 aliphatic carbocycles. The van der Waals surface area contributed by atoms with Gasteiger partial charge in [0.1, 0.15) is 0 Å². The van der Waals surface area contributed by atoms with Crippen molar-refractivity contribution in [1.82, 2.24) is 9.97 Å². The lowest BCUT2D eigenvalue weighted by Crippen LogP contribution is -2.48. The van der Waals surface area contributed by atoms with Gasteiger partial charge < -0.3 is 11.1 Å². The molecule has 0 saturated heterocycles. The van der Waals surface area contributed by atoms with E-state index in [1.807, 2.05) is 13.0 Å². The zero-order valence-corrected chi connectivity index (χ0v) is 10.7. The van der Waals surface area contributed by atoms with E-state index in [2.05, 4.69) is 22.2 Å². The average molecular weight is 234 g/mol. The van der Waals surface area contributed by atoms with Crippen molar-refractivity contribution in [3.63, 3.8) is 0 Å². The molecular weight excluding hydrogens is 212 g/mol. The second-order valence-electron chi connectivity index (χ2n) is 5.31. The van der Waals surface area contributed by atoms with Crippen molar-refractivity contribution in [2.24, 2.45) is 11.7 Å². The molecule has 0 amide bonds. The number of rotatable bonds is 3. The van der Waals surface area contributed by atoms with E-state index in [-0.39, 0.29) is 5.54 Å². The average Bonchev–Trinajstić information content (AvgIpc) is 2.33. The highest BCUT2D eigenvalue weighted by molar-refractivity contribution is 5.30. The first kappa shape index (κ1) is 12.3. The highest BCUT2D eigenvalue weighted by Crippen LogP contribution is 2.33. The van der Waals surface area contributed by atoms with Crippen LogP contribution in [0.25, 0.3) is 0 Å². The van der Waals surface area contributed by atoms with Crippen LogP contribution in [0, 0.1) is 12.8 Å². The Bertz CT molecular complexity index is 369. The summed E-state index contributed by atoms with van der Waals surface area (Å²) in [6.07, 6.45) is 6.48. The van der Waals surface area contributed by atoms with Crippen molar-refractivity contribution in [3.05, 3.63) is 18.0 Å². The number of anilines is 1. The second-order valence-corrected chi connectivity index (χ2v) is 5.31. The van der Waals surface area contributed by atoms with Gasteiger partial charge in [-0.2, -0.15) is 0 Å². The summed E-state index contributed by atoms with van der Waals surface area (Å²) in [5.41, 5.74) is 6.94. The van der Waals surface area contributed by atoms with E-state index in [1.165, 1.54) is 12.8 Å². The van der Waals surface area contributed by atoms with Gasteiger partial charge in [-0.25, -0.2) is 9.97 Å². The highest BCUT2D eigenvalue weighted by Gasteiger charge is 2.33. The van der Waals surface area contributed by atoms with Crippen molar-refractivity contribution in [3.8, 4) is 0 Å². The summed E-state index contributed by atoms with van der Waals surface area (Å²) in [5.74, 6) is 1.53. The second kappa shape index (κ2) is 5.00. The normalized spacial score (nSPS) is 29.0. The SMILES string of the molecule is Cc1ccnc(NC2(CN)CCC(C)CC2)n1. The minimum atomic E-state index is 0.000301. The van der Waals surface area contributed by atoms with Gasteiger partial charge in [-0.05, 0) is 44.6 Å². The molecule has 4 heteroatoms. The number of nitrogens with two attached hydrogens (primary N) is 1. The zero-order valence-electron chi connectivity index (χ0n) is 10.7. The van der Waals surface area contributed by atoms with Gasteiger partial charge >= 0.3 is 0 Å². The molecule has 0 spiro atoms. The van der Waals surface area contributed by atoms with Crippen LogP contribution >= 0.6 is 0 Å². The van der Waals surface area contributed by atoms with Gasteiger partial charge in [0.15, 0.2) is 0 Å². The fraction of sp³-hybridized carbons (Fsp3) is 0.692. The van der Waals surface area contributed by atoms with E-state index in [4.69, 9.17) is 5.73 Å². The summed E-state index contributed by atoms with van der Waals surface area (Å²) in [6, 6.07) is 1.91. The lowest BCUT2D eigenvalue weighted by Gasteiger charge is -2.39. The van der Waals surface area contributed by atoms with E-state index < -0.39 is 0 Å². The molecule has 1 aromatic heterocycles. The maximum absolute atomic E-state index is 5.95. The number of aromatic nitrogens is 2. The van der Waals surface area contributed by atoms with Crippen LogP contribution in [0.5, 0.6) is 0 Å². The van der Waals surface area contributed by atoms with Crippen LogP contribution in [-0.2, 0) is 0 Å². The molecule has 1 heterocycles. The summed E-state index contributed by atoms with van der Waals surface area (Å²) >= 11 is 0. The predicted molar refractivity (Wildman–Crippen MR) is 69.8 cm³/mol. The lowest BCUT2D eigenvalue weighted by molar-refractivity contribution is 0.270. The van der Waals surface area contributed by atoms with E-state index >= 15 is 0 Å². The van der Waals surface area contributed by atoms with Gasteiger partial charge in [0.05, 0.1) is 5.54 Å². The van der Waals surface area contributed by atoms with Crippen LogP contribution in [0.15, 0.2) is 12.3 Å². The van der Waals surface area contributed by atoms with Crippen LogP contribution in [0.4, 0.5) is 5.95 Å². The molecular formula is C13H22N4. The topological polar surface area (TPSA) is 63.8 Å². The van der Waals surface area contributed by atoms with Crippen LogP contribution in [0.1, 0.15) is 38.3 Å². The first-order valence-electron chi connectivity index (χ1n) is 6.41. The molecule has 4 nitrogen and oxygen atoms in total. The molecule has 94 valence electrons. The van der Waals surface area contributed by atoms with E-state index in [1.54, 1.807) is 6.20 Å². The van der Waals surface area contributed by atoms with Crippen molar-refractivity contribution < 1.29 is 0 Å². The molecule has 2 rings (SSSR count). The van der Waals surface area contributed by atoms with Gasteiger partial charge in [0.2, 0.25) is 5.95 Å². The van der Waals surface area contributed by atoms with E-state index in [0.717, 1.165) is 24.5 Å². The number of hydrogen-bond donors (Lipinski definition) is 2. The minimum absolute atomic E-state index is 0.000301. The van der Waals surface area contributed by atoms with Crippen molar-refractivity contribution in [2.45, 2.75) is 45.1 Å². The third kappa shape index (κ3) is 2.94. The highest BCUT2D eigenvalue weighted by atomic mass is 15.1. The van der Waals surface area contributed by atoms with Gasteiger partial charge in [-0.3, -0.25) is 0 Å². The maximum Gasteiger partial charge on any atom is 0.223 e. The molecule has 1 saturated carbocycles. The fourth-order valence-corrected chi connectivity index (χ4v) is 2.44. The summed E-state index contributed by atoms with van der Waals surface area (Å²) in [7, 11) is 0. The van der Waals surface area contributed by atoms with Crippen LogP contribution in [-0.4, -0.2) is 22.1 Å². The van der Waals surface area contributed by atoms with Crippen molar-refractivity contribution >= 4 is 5.95 Å². The zero-order chi connectivity index (χ0) is 12.3. The van der Waals surface area contributed by atoms with E-state index in [0.29, 0.717) is 12.5 Å². The third-order valence-corrected chi connectivity index (χ3v) is 3.79. The standard InChI is InChI=1S/C13H22N4/c1-10-3-6-13(9-14,7-4-10)17-12-15-8-5-11(2)16-12/h5,8,10H,3-4,6-7,9,14H2,1-2H3,(H,15,16,17). The quantitative estimate of drug-likeness (QED) is 0.840. The molecule has 3 N–H and O–H groups in total. The number of aryl methyl sites for hydroxylation is 1. The molecule has 0 bridgehead atoms. The smallest absolute Gasteiger partial charge is 0.223 e. The summed E-state index contributed by atoms with van der Waals surface area (Å²) in [4.78, 5) is 8.67. The molecule has 0 atom stereocenters. The Hall–Kier alpha value is -1.16. The van der Waals surface area contributed by atoms with Crippen molar-refractivity contribution in [1.29, 1.82) is 0 Å². The van der Waals surface area contributed by atoms with Crippen LogP contribution in [0.3, 0.4) is 0 Å². The maximum atomic E-state index is 5.95. The third-order valence-electron chi connectivity index (χ3n) is 3.79. The van der Waals surface area contributed by atoms with E-state index in [9.17, 15) is 0 Å². The molecule has 0 aliphatic heterocycles. The monoisotopic (exact) mass is 234 g/mol. The summed E-state index contributed by atoms with van der Waals surface area (Å²) in [5, 5.41) is 3.46. The molecule has 1 fully saturated rings. The lowest BCUT2D eigenvalue weighted by atomic mass is 9.77. The Morgan fingerprint density at radius 2 is 2.18 bits per heavy atom. The predicted octanol–water partition coefficient (Wildman–Crippen LogP) is 2.10. The molecule has 0 aromatic carbocycles. The summed E-state index contributed by atoms with van der Waals surface area (Å²) < 4.78 is 0. The van der Waals surface area contributed by atoms with Gasteiger partial charge in [-0.15, -0.1) is 0 Å². The Labute approximate surface area is 103 Å². The molecule has 0 radical (unpaired) electrons. The molecule has 17 heavy (non-hydrogen) atoms. The van der Waals surface area contributed by atoms with Crippen LogP contribution < -0.4 is 11.1 Å². The van der Waals surface area contributed by atoms with Crippen molar-refractivity contribution in [2.75, 3.05) is 11.9 Å². The largest absolute Gasteiger partial charge is 0.348 e. The molecule has 1 aromatic rings. The molecule has 1 aliphatic rings. The van der Waals surface area contributed by atoms with Gasteiger partial charge in [0.25, 0.3) is 0 Å². The number of hydrogen-bond acceptors (Lipinski definition) is 4. The number of nitrogens with zero attached hydrogens (tertiary/aromatic N) is 2. The fourth-order valence-electron chi connectivity index (χ4n) is 2.44. The Morgan fingerprint density at radius 1 is 1.47 bits per heavy atom. The van der Waals surface area contributed by atoms with Crippen LogP contribution in [0.2, 0.25) is 0 Å². The molecule has 0 unspecified atom stereocenters. The van der Waals surface area contributed by atoms with Gasteiger partial charge in [0, 0.05) is 18.4 Å². The Morgan fingerprint density at radius 3 is 2.76 bits per heavy atom. The van der Waals surface area contributed by atoms with Gasteiger partial charge in [-0.1, -0.05) is 6.92 Å². The minimum Gasteiger partial charge on any atom is -0.348 e.